The number of nitrogens with zero attached hydrogens (tertiary/aromatic N) is 1. The number of benzene rings is 1. The van der Waals surface area contributed by atoms with Gasteiger partial charge < -0.3 is 20.5 Å². The molecule has 1 aromatic carbocycles. The third-order valence-corrected chi connectivity index (χ3v) is 5.15. The molecule has 29 heavy (non-hydrogen) atoms. The van der Waals surface area contributed by atoms with Gasteiger partial charge in [0.05, 0.1) is 0 Å². The molecule has 1 aliphatic rings. The highest BCUT2D eigenvalue weighted by Crippen LogP contribution is 2.34. The van der Waals surface area contributed by atoms with Crippen LogP contribution in [0, 0.1) is 11.8 Å². The third-order valence-electron chi connectivity index (χ3n) is 5.15. The predicted molar refractivity (Wildman–Crippen MR) is 109 cm³/mol. The van der Waals surface area contributed by atoms with Crippen molar-refractivity contribution in [2.75, 3.05) is 18.4 Å². The van der Waals surface area contributed by atoms with Crippen molar-refractivity contribution in [2.24, 2.45) is 11.8 Å². The standard InChI is InChI=1S/C21H25N3O5/c1-12-7-13(2)11-24(10-12)20(21(28)29)16-9-22-17-4-3-14(8-15(16)17)23-18(25)5-6-19(26)27/h3-6,8-9,12-13,20,22H,7,10-11H2,1-2H3,(H,23,25)(H,26,27)(H,28,29)/b6-5+/t12-,13+,20?. The molecule has 0 bridgehead atoms. The Morgan fingerprint density at radius 2 is 1.86 bits per heavy atom. The fourth-order valence-corrected chi connectivity index (χ4v) is 4.18. The van der Waals surface area contributed by atoms with Crippen LogP contribution in [0.2, 0.25) is 0 Å². The first-order chi connectivity index (χ1) is 13.7. The van der Waals surface area contributed by atoms with Gasteiger partial charge in [-0.1, -0.05) is 13.8 Å². The van der Waals surface area contributed by atoms with Gasteiger partial charge in [0.1, 0.15) is 6.04 Å². The Hall–Kier alpha value is -3.13. The van der Waals surface area contributed by atoms with Gasteiger partial charge >= 0.3 is 11.9 Å². The molecular formula is C21H25N3O5. The summed E-state index contributed by atoms with van der Waals surface area (Å²) in [5.74, 6) is -1.86. The maximum absolute atomic E-state index is 12.2. The summed E-state index contributed by atoms with van der Waals surface area (Å²) < 4.78 is 0. The molecule has 0 saturated carbocycles. The molecule has 2 heterocycles. The Labute approximate surface area is 168 Å². The minimum Gasteiger partial charge on any atom is -0.480 e. The van der Waals surface area contributed by atoms with E-state index in [1.807, 2.05) is 4.90 Å². The molecular weight excluding hydrogens is 374 g/mol. The number of piperidine rings is 1. The highest BCUT2D eigenvalue weighted by atomic mass is 16.4. The second-order valence-electron chi connectivity index (χ2n) is 7.81. The number of nitrogens with one attached hydrogen (secondary N) is 2. The Morgan fingerprint density at radius 1 is 1.17 bits per heavy atom. The van der Waals surface area contributed by atoms with Crippen LogP contribution in [0.1, 0.15) is 31.9 Å². The summed E-state index contributed by atoms with van der Waals surface area (Å²) in [6.07, 6.45) is 4.48. The molecule has 1 unspecified atom stereocenters. The highest BCUT2D eigenvalue weighted by Gasteiger charge is 2.34. The minimum absolute atomic E-state index is 0.418. The van der Waals surface area contributed by atoms with Crippen molar-refractivity contribution >= 4 is 34.4 Å². The van der Waals surface area contributed by atoms with E-state index >= 15 is 0 Å². The Balaban J connectivity index is 1.92. The smallest absolute Gasteiger partial charge is 0.328 e. The van der Waals surface area contributed by atoms with Gasteiger partial charge in [-0.25, -0.2) is 4.79 Å². The molecule has 1 saturated heterocycles. The predicted octanol–water partition coefficient (Wildman–Crippen LogP) is 2.85. The lowest BCUT2D eigenvalue weighted by Crippen LogP contribution is -2.43. The van der Waals surface area contributed by atoms with Gasteiger partial charge in [-0.3, -0.25) is 14.5 Å². The van der Waals surface area contributed by atoms with Crippen LogP contribution in [0.25, 0.3) is 10.9 Å². The van der Waals surface area contributed by atoms with E-state index in [1.54, 1.807) is 24.4 Å². The van der Waals surface area contributed by atoms with Gasteiger partial charge in [-0.2, -0.15) is 0 Å². The zero-order chi connectivity index (χ0) is 21.1. The molecule has 4 N–H and O–H groups in total. The van der Waals surface area contributed by atoms with E-state index in [-0.39, 0.29) is 0 Å². The van der Waals surface area contributed by atoms with Crippen LogP contribution in [-0.4, -0.2) is 51.0 Å². The van der Waals surface area contributed by atoms with Crippen molar-refractivity contribution < 1.29 is 24.6 Å². The van der Waals surface area contributed by atoms with Crippen molar-refractivity contribution in [3.63, 3.8) is 0 Å². The fraction of sp³-hybridized carbons (Fsp3) is 0.381. The fourth-order valence-electron chi connectivity index (χ4n) is 4.18. The summed E-state index contributed by atoms with van der Waals surface area (Å²) >= 11 is 0. The summed E-state index contributed by atoms with van der Waals surface area (Å²) in [6, 6.07) is 4.36. The summed E-state index contributed by atoms with van der Waals surface area (Å²) in [5, 5.41) is 21.9. The number of aromatic nitrogens is 1. The van der Waals surface area contributed by atoms with Crippen molar-refractivity contribution in [3.8, 4) is 0 Å². The molecule has 0 spiro atoms. The molecule has 1 aliphatic heterocycles. The first kappa shape index (κ1) is 20.6. The van der Waals surface area contributed by atoms with Crippen LogP contribution in [-0.2, 0) is 14.4 Å². The Bertz CT molecular complexity index is 954. The van der Waals surface area contributed by atoms with Crippen LogP contribution in [0.4, 0.5) is 5.69 Å². The van der Waals surface area contributed by atoms with E-state index < -0.39 is 23.9 Å². The van der Waals surface area contributed by atoms with Crippen molar-refractivity contribution in [1.29, 1.82) is 0 Å². The van der Waals surface area contributed by atoms with E-state index in [0.717, 1.165) is 24.1 Å². The number of hydrogen-bond donors (Lipinski definition) is 4. The molecule has 1 aromatic heterocycles. The van der Waals surface area contributed by atoms with Crippen LogP contribution in [0.15, 0.2) is 36.5 Å². The number of likely N-dealkylation sites (tertiary alicyclic amines) is 1. The zero-order valence-electron chi connectivity index (χ0n) is 16.4. The summed E-state index contributed by atoms with van der Waals surface area (Å²) in [6.45, 7) is 5.69. The molecule has 1 amide bonds. The lowest BCUT2D eigenvalue weighted by atomic mass is 9.89. The normalized spacial score (nSPS) is 21.3. The molecule has 3 rings (SSSR count). The number of anilines is 1. The molecule has 8 heteroatoms. The lowest BCUT2D eigenvalue weighted by molar-refractivity contribution is -0.144. The summed E-state index contributed by atoms with van der Waals surface area (Å²) in [7, 11) is 0. The van der Waals surface area contributed by atoms with Crippen molar-refractivity contribution in [1.82, 2.24) is 9.88 Å². The number of amides is 1. The molecule has 2 aromatic rings. The number of aliphatic carboxylic acids is 2. The average Bonchev–Trinajstić information content (AvgIpc) is 3.02. The number of carbonyl (C=O) groups excluding carboxylic acids is 1. The number of carboxylic acids is 2. The van der Waals surface area contributed by atoms with Gasteiger partial charge in [0.2, 0.25) is 5.91 Å². The second kappa shape index (κ2) is 8.48. The van der Waals surface area contributed by atoms with Crippen molar-refractivity contribution in [2.45, 2.75) is 26.3 Å². The first-order valence-electron chi connectivity index (χ1n) is 9.54. The molecule has 1 fully saturated rings. The number of aromatic amines is 1. The maximum atomic E-state index is 12.2. The quantitative estimate of drug-likeness (QED) is 0.554. The largest absolute Gasteiger partial charge is 0.480 e. The monoisotopic (exact) mass is 399 g/mol. The maximum Gasteiger partial charge on any atom is 0.328 e. The number of hydrogen-bond acceptors (Lipinski definition) is 4. The first-order valence-corrected chi connectivity index (χ1v) is 9.54. The van der Waals surface area contributed by atoms with Crippen LogP contribution in [0.5, 0.6) is 0 Å². The van der Waals surface area contributed by atoms with Crippen LogP contribution >= 0.6 is 0 Å². The minimum atomic E-state index is -1.21. The van der Waals surface area contributed by atoms with E-state index in [1.165, 1.54) is 0 Å². The molecule has 8 nitrogen and oxygen atoms in total. The highest BCUT2D eigenvalue weighted by molar-refractivity contribution is 6.03. The van der Waals surface area contributed by atoms with Crippen molar-refractivity contribution in [3.05, 3.63) is 42.1 Å². The van der Waals surface area contributed by atoms with Gasteiger partial charge in [-0.15, -0.1) is 0 Å². The Kier molecular flexibility index (Phi) is 6.03. The number of carbonyl (C=O) groups is 3. The average molecular weight is 399 g/mol. The third kappa shape index (κ3) is 4.83. The van der Waals surface area contributed by atoms with Crippen LogP contribution in [0.3, 0.4) is 0 Å². The SMILES string of the molecule is C[C@@H]1C[C@H](C)CN(C(C(=O)O)c2c[nH]c3ccc(NC(=O)/C=C/C(=O)O)cc23)C1. The van der Waals surface area contributed by atoms with E-state index in [2.05, 4.69) is 24.1 Å². The Morgan fingerprint density at radius 3 is 2.48 bits per heavy atom. The number of fused-ring (bicyclic) bond motifs is 1. The molecule has 0 radical (unpaired) electrons. The van der Waals surface area contributed by atoms with E-state index in [9.17, 15) is 19.5 Å². The van der Waals surface area contributed by atoms with Gasteiger partial charge in [-0.05, 0) is 36.5 Å². The lowest BCUT2D eigenvalue weighted by Gasteiger charge is -2.38. The van der Waals surface area contributed by atoms with Gasteiger partial charge in [0.15, 0.2) is 0 Å². The summed E-state index contributed by atoms with van der Waals surface area (Å²) in [4.78, 5) is 39.7. The number of H-pyrrole nitrogens is 1. The van der Waals surface area contributed by atoms with Crippen LogP contribution < -0.4 is 5.32 Å². The molecule has 154 valence electrons. The zero-order valence-corrected chi connectivity index (χ0v) is 16.4. The molecule has 0 aliphatic carbocycles. The number of carboxylic acid groups (broad SMARTS) is 2. The van der Waals surface area contributed by atoms with Gasteiger partial charge in [0.25, 0.3) is 0 Å². The number of rotatable bonds is 6. The molecule has 3 atom stereocenters. The van der Waals surface area contributed by atoms with E-state index in [4.69, 9.17) is 5.11 Å². The summed E-state index contributed by atoms with van der Waals surface area (Å²) in [5.41, 5.74) is 1.87. The second-order valence-corrected chi connectivity index (χ2v) is 7.81. The van der Waals surface area contributed by atoms with Gasteiger partial charge in [0, 0.05) is 53.6 Å². The topological polar surface area (TPSA) is 123 Å². The van der Waals surface area contributed by atoms with E-state index in [0.29, 0.717) is 41.6 Å².